The largest absolute Gasteiger partial charge is 0.497 e. The number of carbonyl (C=O) groups is 1. The zero-order valence-corrected chi connectivity index (χ0v) is 19.3. The first-order valence-electron chi connectivity index (χ1n) is 12.0. The Kier molecular flexibility index (Phi) is 6.32. The van der Waals surface area contributed by atoms with Gasteiger partial charge in [0, 0.05) is 36.8 Å². The topological polar surface area (TPSA) is 51.7 Å². The summed E-state index contributed by atoms with van der Waals surface area (Å²) in [6.45, 7) is 2.66. The highest BCUT2D eigenvalue weighted by atomic mass is 16.5. The third-order valence-corrected chi connectivity index (χ3v) is 7.42. The first-order valence-corrected chi connectivity index (χ1v) is 12.0. The third-order valence-electron chi connectivity index (χ3n) is 7.42. The minimum atomic E-state index is -0.426. The van der Waals surface area contributed by atoms with Gasteiger partial charge in [0.25, 0.3) is 0 Å². The molecule has 5 rings (SSSR count). The predicted molar refractivity (Wildman–Crippen MR) is 129 cm³/mol. The molecule has 1 aromatic heterocycles. The number of ether oxygens (including phenoxy) is 2. The highest BCUT2D eigenvalue weighted by molar-refractivity contribution is 5.89. The van der Waals surface area contributed by atoms with E-state index in [1.165, 1.54) is 16.3 Å². The summed E-state index contributed by atoms with van der Waals surface area (Å²) in [6, 6.07) is 16.6. The van der Waals surface area contributed by atoms with E-state index in [-0.39, 0.29) is 11.8 Å². The summed E-state index contributed by atoms with van der Waals surface area (Å²) in [7, 11) is 1.68. The van der Waals surface area contributed by atoms with Gasteiger partial charge in [-0.1, -0.05) is 43.2 Å². The molecule has 2 aliphatic rings. The number of fused-ring (bicyclic) bond motifs is 1. The molecule has 1 unspecified atom stereocenters. The van der Waals surface area contributed by atoms with E-state index in [1.54, 1.807) is 7.11 Å². The summed E-state index contributed by atoms with van der Waals surface area (Å²) in [4.78, 5) is 20.5. The summed E-state index contributed by atoms with van der Waals surface area (Å²) < 4.78 is 11.3. The highest BCUT2D eigenvalue weighted by Crippen LogP contribution is 2.43. The minimum absolute atomic E-state index is 0.261. The molecule has 0 radical (unpaired) electrons. The number of pyridine rings is 1. The molecule has 0 bridgehead atoms. The Morgan fingerprint density at radius 2 is 1.97 bits per heavy atom. The van der Waals surface area contributed by atoms with Crippen LogP contribution in [0.25, 0.3) is 10.8 Å². The number of rotatable bonds is 5. The molecule has 1 atom stereocenters. The molecule has 1 saturated heterocycles. The molecule has 1 saturated carbocycles. The van der Waals surface area contributed by atoms with E-state index in [0.717, 1.165) is 50.0 Å². The number of hydrogen-bond donors (Lipinski definition) is 0. The second kappa shape index (κ2) is 9.52. The second-order valence-electron chi connectivity index (χ2n) is 9.43. The van der Waals surface area contributed by atoms with Gasteiger partial charge < -0.3 is 14.4 Å². The van der Waals surface area contributed by atoms with Crippen molar-refractivity contribution in [1.29, 1.82) is 0 Å². The molecule has 1 amide bonds. The zero-order valence-electron chi connectivity index (χ0n) is 19.3. The van der Waals surface area contributed by atoms with Gasteiger partial charge >= 0.3 is 0 Å². The van der Waals surface area contributed by atoms with Crippen molar-refractivity contribution < 1.29 is 14.3 Å². The van der Waals surface area contributed by atoms with Crippen LogP contribution in [0.4, 0.5) is 0 Å². The van der Waals surface area contributed by atoms with Gasteiger partial charge in [-0.3, -0.25) is 9.78 Å². The lowest BCUT2D eigenvalue weighted by atomic mass is 9.77. The van der Waals surface area contributed by atoms with Crippen LogP contribution in [0.5, 0.6) is 5.75 Å². The average Bonchev–Trinajstić information content (AvgIpc) is 3.25. The van der Waals surface area contributed by atoms with E-state index in [4.69, 9.17) is 9.47 Å². The van der Waals surface area contributed by atoms with Crippen LogP contribution in [0.3, 0.4) is 0 Å². The van der Waals surface area contributed by atoms with Crippen LogP contribution in [0.15, 0.2) is 60.9 Å². The maximum Gasteiger partial charge on any atom is 0.233 e. The number of carbonyl (C=O) groups excluding carboxylic acids is 1. The zero-order chi connectivity index (χ0) is 22.7. The summed E-state index contributed by atoms with van der Waals surface area (Å²) in [5.74, 6) is 1.35. The van der Waals surface area contributed by atoms with Crippen LogP contribution in [0, 0.1) is 5.92 Å². The van der Waals surface area contributed by atoms with Crippen molar-refractivity contribution in [3.63, 3.8) is 0 Å². The maximum absolute atomic E-state index is 14.1. The lowest BCUT2D eigenvalue weighted by Crippen LogP contribution is -2.47. The monoisotopic (exact) mass is 444 g/mol. The normalized spacial score (nSPS) is 20.5. The Bertz CT molecular complexity index is 1100. The lowest BCUT2D eigenvalue weighted by molar-refractivity contribution is -0.137. The number of aromatic nitrogens is 1. The molecular weight excluding hydrogens is 412 g/mol. The summed E-state index contributed by atoms with van der Waals surface area (Å²) in [5, 5.41) is 2.39. The van der Waals surface area contributed by atoms with Gasteiger partial charge in [-0.15, -0.1) is 0 Å². The Balaban J connectivity index is 1.39. The number of benzene rings is 2. The molecule has 2 heterocycles. The molecule has 0 spiro atoms. The van der Waals surface area contributed by atoms with E-state index in [2.05, 4.69) is 46.3 Å². The number of methoxy groups -OCH3 is 1. The standard InChI is InChI=1S/C28H32N2O3/c1-32-25-9-7-24(8-10-25)28(12-2-3-13-28)27(31)30-15-16-33-20-21(19-30)17-23-6-4-5-22-11-14-29-18-26(22)23/h4-11,14,18,21H,2-3,12-13,15-17,19-20H2,1H3. The Labute approximate surface area is 195 Å². The molecule has 3 aromatic rings. The summed E-state index contributed by atoms with van der Waals surface area (Å²) >= 11 is 0. The van der Waals surface area contributed by atoms with Gasteiger partial charge in [0.2, 0.25) is 5.91 Å². The Morgan fingerprint density at radius 1 is 1.15 bits per heavy atom. The molecule has 2 fully saturated rings. The first kappa shape index (κ1) is 21.9. The molecule has 33 heavy (non-hydrogen) atoms. The molecule has 5 nitrogen and oxygen atoms in total. The van der Waals surface area contributed by atoms with Gasteiger partial charge in [-0.2, -0.15) is 0 Å². The van der Waals surface area contributed by atoms with Crippen molar-refractivity contribution in [1.82, 2.24) is 9.88 Å². The lowest BCUT2D eigenvalue weighted by Gasteiger charge is -2.35. The third kappa shape index (κ3) is 4.34. The smallest absolute Gasteiger partial charge is 0.233 e. The quantitative estimate of drug-likeness (QED) is 0.569. The summed E-state index contributed by atoms with van der Waals surface area (Å²) in [6.07, 6.45) is 8.67. The fourth-order valence-electron chi connectivity index (χ4n) is 5.67. The maximum atomic E-state index is 14.1. The van der Waals surface area contributed by atoms with Crippen LogP contribution in [0.2, 0.25) is 0 Å². The minimum Gasteiger partial charge on any atom is -0.497 e. The average molecular weight is 445 g/mol. The van der Waals surface area contributed by atoms with Gasteiger partial charge in [-0.25, -0.2) is 0 Å². The number of nitrogens with zero attached hydrogens (tertiary/aromatic N) is 2. The van der Waals surface area contributed by atoms with Crippen LogP contribution in [0.1, 0.15) is 36.8 Å². The van der Waals surface area contributed by atoms with E-state index in [0.29, 0.717) is 19.8 Å². The van der Waals surface area contributed by atoms with Gasteiger partial charge in [0.15, 0.2) is 0 Å². The van der Waals surface area contributed by atoms with Gasteiger partial charge in [0.1, 0.15) is 5.75 Å². The Morgan fingerprint density at radius 3 is 2.76 bits per heavy atom. The van der Waals surface area contributed by atoms with Crippen LogP contribution >= 0.6 is 0 Å². The van der Waals surface area contributed by atoms with Gasteiger partial charge in [0.05, 0.1) is 25.7 Å². The van der Waals surface area contributed by atoms with Crippen LogP contribution < -0.4 is 4.74 Å². The van der Waals surface area contributed by atoms with Crippen molar-refractivity contribution in [2.24, 2.45) is 5.92 Å². The summed E-state index contributed by atoms with van der Waals surface area (Å²) in [5.41, 5.74) is 1.96. The Hall–Kier alpha value is -2.92. The van der Waals surface area contributed by atoms with Crippen LogP contribution in [-0.4, -0.2) is 49.2 Å². The van der Waals surface area contributed by atoms with Crippen molar-refractivity contribution in [2.45, 2.75) is 37.5 Å². The SMILES string of the molecule is COc1ccc(C2(C(=O)N3CCOCC(Cc4cccc5ccncc45)C3)CCCC2)cc1. The molecule has 1 aliphatic heterocycles. The van der Waals surface area contributed by atoms with Gasteiger partial charge in [-0.05, 0) is 54.0 Å². The number of hydrogen-bond acceptors (Lipinski definition) is 4. The molecule has 1 aliphatic carbocycles. The fraction of sp³-hybridized carbons (Fsp3) is 0.429. The first-order chi connectivity index (χ1) is 16.2. The van der Waals surface area contributed by atoms with Crippen LogP contribution in [-0.2, 0) is 21.4 Å². The van der Waals surface area contributed by atoms with Crippen molar-refractivity contribution in [3.05, 3.63) is 72.1 Å². The van der Waals surface area contributed by atoms with Crippen molar-refractivity contribution in [3.8, 4) is 5.75 Å². The predicted octanol–water partition coefficient (Wildman–Crippen LogP) is 4.77. The molecule has 0 N–H and O–H groups in total. The van der Waals surface area contributed by atoms with Crippen molar-refractivity contribution >= 4 is 16.7 Å². The van der Waals surface area contributed by atoms with E-state index in [9.17, 15) is 4.79 Å². The fourth-order valence-corrected chi connectivity index (χ4v) is 5.67. The van der Waals surface area contributed by atoms with Crippen molar-refractivity contribution in [2.75, 3.05) is 33.4 Å². The number of amides is 1. The van der Waals surface area contributed by atoms with E-state index in [1.807, 2.05) is 24.5 Å². The molecule has 172 valence electrons. The second-order valence-corrected chi connectivity index (χ2v) is 9.43. The highest BCUT2D eigenvalue weighted by Gasteiger charge is 2.45. The molecule has 2 aromatic carbocycles. The van der Waals surface area contributed by atoms with E-state index < -0.39 is 5.41 Å². The van der Waals surface area contributed by atoms with E-state index >= 15 is 0 Å². The molecule has 5 heteroatoms. The molecular formula is C28H32N2O3.